The fraction of sp³-hybridized carbons (Fsp3) is 0.440. The van der Waals surface area contributed by atoms with Gasteiger partial charge in [-0.05, 0) is 71.8 Å². The second kappa shape index (κ2) is 10.4. The lowest BCUT2D eigenvalue weighted by Gasteiger charge is -2.46. The number of nitrogens with one attached hydrogen (secondary N) is 1. The Morgan fingerprint density at radius 3 is 2.45 bits per heavy atom. The number of likely N-dealkylation sites (N-methyl/N-ethyl adjacent to an activating group) is 1. The van der Waals surface area contributed by atoms with E-state index in [2.05, 4.69) is 20.2 Å². The molecule has 3 rings (SSSR count). The van der Waals surface area contributed by atoms with Crippen molar-refractivity contribution in [1.29, 1.82) is 0 Å². The maximum atomic E-state index is 14.8. The third-order valence-electron chi connectivity index (χ3n) is 6.09. The summed E-state index contributed by atoms with van der Waals surface area (Å²) in [5.74, 6) is -1.11. The van der Waals surface area contributed by atoms with Crippen molar-refractivity contribution in [3.8, 4) is 0 Å². The SMILES string of the molecule is CCNC(=O)N1N=C(c2cc(F)ccc2F)CC1(c1ccccc1)C(CCN(C)C)N(C)C. The highest BCUT2D eigenvalue weighted by atomic mass is 19.1. The zero-order valence-electron chi connectivity index (χ0n) is 20.0. The summed E-state index contributed by atoms with van der Waals surface area (Å²) in [6, 6.07) is 12.5. The predicted molar refractivity (Wildman–Crippen MR) is 127 cm³/mol. The van der Waals surface area contributed by atoms with Crippen molar-refractivity contribution in [3.05, 3.63) is 71.3 Å². The van der Waals surface area contributed by atoms with E-state index in [1.54, 1.807) is 0 Å². The third-order valence-corrected chi connectivity index (χ3v) is 6.09. The number of benzene rings is 2. The summed E-state index contributed by atoms with van der Waals surface area (Å²) in [5.41, 5.74) is 0.406. The van der Waals surface area contributed by atoms with E-state index in [1.165, 1.54) is 5.01 Å². The normalized spacial score (nSPS) is 19.2. The van der Waals surface area contributed by atoms with Crippen molar-refractivity contribution in [2.45, 2.75) is 31.3 Å². The molecule has 0 saturated carbocycles. The van der Waals surface area contributed by atoms with Gasteiger partial charge in [-0.2, -0.15) is 5.10 Å². The Balaban J connectivity index is 2.23. The molecule has 0 saturated heterocycles. The Labute approximate surface area is 194 Å². The average molecular weight is 458 g/mol. The molecule has 2 atom stereocenters. The van der Waals surface area contributed by atoms with Crippen LogP contribution in [0.25, 0.3) is 0 Å². The maximum absolute atomic E-state index is 14.8. The van der Waals surface area contributed by atoms with Crippen molar-refractivity contribution in [2.24, 2.45) is 5.10 Å². The summed E-state index contributed by atoms with van der Waals surface area (Å²) in [5, 5.41) is 8.93. The number of nitrogens with zero attached hydrogens (tertiary/aromatic N) is 4. The van der Waals surface area contributed by atoms with E-state index in [4.69, 9.17) is 0 Å². The predicted octanol–water partition coefficient (Wildman–Crippen LogP) is 3.88. The molecule has 2 aromatic rings. The molecule has 1 aliphatic heterocycles. The van der Waals surface area contributed by atoms with Gasteiger partial charge in [0.15, 0.2) is 0 Å². The molecule has 8 heteroatoms. The van der Waals surface area contributed by atoms with Crippen LogP contribution in [-0.4, -0.2) is 73.9 Å². The topological polar surface area (TPSA) is 51.2 Å². The Morgan fingerprint density at radius 2 is 1.85 bits per heavy atom. The summed E-state index contributed by atoms with van der Waals surface area (Å²) < 4.78 is 28.8. The van der Waals surface area contributed by atoms with Crippen LogP contribution in [0.15, 0.2) is 53.6 Å². The minimum absolute atomic E-state index is 0.0761. The second-order valence-corrected chi connectivity index (χ2v) is 8.86. The second-order valence-electron chi connectivity index (χ2n) is 8.86. The molecular weight excluding hydrogens is 424 g/mol. The lowest BCUT2D eigenvalue weighted by atomic mass is 9.76. The van der Waals surface area contributed by atoms with Crippen molar-refractivity contribution < 1.29 is 13.6 Å². The van der Waals surface area contributed by atoms with Crippen LogP contribution in [0.4, 0.5) is 13.6 Å². The van der Waals surface area contributed by atoms with Gasteiger partial charge in [-0.15, -0.1) is 0 Å². The largest absolute Gasteiger partial charge is 0.338 e. The molecule has 0 aliphatic carbocycles. The lowest BCUT2D eigenvalue weighted by molar-refractivity contribution is 0.0452. The number of hydrogen-bond donors (Lipinski definition) is 1. The number of carbonyl (C=O) groups is 1. The van der Waals surface area contributed by atoms with E-state index in [1.807, 2.05) is 65.4 Å². The van der Waals surface area contributed by atoms with Gasteiger partial charge >= 0.3 is 6.03 Å². The van der Waals surface area contributed by atoms with E-state index in [0.29, 0.717) is 12.3 Å². The molecule has 2 unspecified atom stereocenters. The van der Waals surface area contributed by atoms with Crippen LogP contribution in [0.5, 0.6) is 0 Å². The molecule has 0 fully saturated rings. The Bertz CT molecular complexity index is 996. The molecule has 0 radical (unpaired) electrons. The zero-order valence-corrected chi connectivity index (χ0v) is 20.0. The van der Waals surface area contributed by atoms with E-state index >= 15 is 0 Å². The molecule has 0 spiro atoms. The summed E-state index contributed by atoms with van der Waals surface area (Å²) in [7, 11) is 7.95. The summed E-state index contributed by atoms with van der Waals surface area (Å²) >= 11 is 0. The minimum atomic E-state index is -0.909. The van der Waals surface area contributed by atoms with Crippen LogP contribution in [0.1, 0.15) is 30.9 Å². The first-order valence-corrected chi connectivity index (χ1v) is 11.2. The van der Waals surface area contributed by atoms with E-state index in [-0.39, 0.29) is 24.1 Å². The smallest absolute Gasteiger partial charge is 0.337 e. The standard InChI is InChI=1S/C25H33F2N5O/c1-6-28-24(33)32-25(18-10-8-7-9-11-18,23(31(4)5)14-15-30(2)3)17-22(29-32)20-16-19(26)12-13-21(20)27/h7-13,16,23H,6,14-15,17H2,1-5H3,(H,28,33). The molecule has 2 aromatic carbocycles. The highest BCUT2D eigenvalue weighted by Gasteiger charge is 2.53. The summed E-state index contributed by atoms with van der Waals surface area (Å²) in [6.07, 6.45) is 0.990. The van der Waals surface area contributed by atoms with Crippen molar-refractivity contribution >= 4 is 11.7 Å². The molecule has 1 N–H and O–H groups in total. The zero-order chi connectivity index (χ0) is 24.2. The van der Waals surface area contributed by atoms with Gasteiger partial charge in [-0.25, -0.2) is 18.6 Å². The van der Waals surface area contributed by atoms with Crippen LogP contribution >= 0.6 is 0 Å². The van der Waals surface area contributed by atoms with E-state index < -0.39 is 17.2 Å². The molecule has 178 valence electrons. The van der Waals surface area contributed by atoms with Crippen LogP contribution in [0, 0.1) is 11.6 Å². The first kappa shape index (κ1) is 24.8. The number of amides is 2. The first-order valence-electron chi connectivity index (χ1n) is 11.2. The number of hydrazone groups is 1. The number of carbonyl (C=O) groups excluding carboxylic acids is 1. The van der Waals surface area contributed by atoms with Crippen molar-refractivity contribution in [1.82, 2.24) is 20.1 Å². The Kier molecular flexibility index (Phi) is 7.81. The van der Waals surface area contributed by atoms with Crippen LogP contribution in [0.2, 0.25) is 0 Å². The van der Waals surface area contributed by atoms with Crippen molar-refractivity contribution in [2.75, 3.05) is 41.3 Å². The minimum Gasteiger partial charge on any atom is -0.337 e. The van der Waals surface area contributed by atoms with Gasteiger partial charge in [0.1, 0.15) is 17.2 Å². The van der Waals surface area contributed by atoms with Gasteiger partial charge in [-0.1, -0.05) is 30.3 Å². The van der Waals surface area contributed by atoms with Crippen molar-refractivity contribution in [3.63, 3.8) is 0 Å². The Hall–Kier alpha value is -2.84. The summed E-state index contributed by atoms with van der Waals surface area (Å²) in [6.45, 7) is 3.04. The monoisotopic (exact) mass is 457 g/mol. The number of halogens is 2. The quantitative estimate of drug-likeness (QED) is 0.655. The van der Waals surface area contributed by atoms with E-state index in [9.17, 15) is 13.6 Å². The van der Waals surface area contributed by atoms with Crippen LogP contribution < -0.4 is 5.32 Å². The highest BCUT2D eigenvalue weighted by Crippen LogP contribution is 2.45. The van der Waals surface area contributed by atoms with Gasteiger partial charge in [0.05, 0.1) is 5.71 Å². The molecule has 33 heavy (non-hydrogen) atoms. The molecule has 0 bridgehead atoms. The third kappa shape index (κ3) is 5.07. The maximum Gasteiger partial charge on any atom is 0.338 e. The average Bonchev–Trinajstić information content (AvgIpc) is 3.17. The van der Waals surface area contributed by atoms with Crippen LogP contribution in [0.3, 0.4) is 0 Å². The Morgan fingerprint density at radius 1 is 1.15 bits per heavy atom. The molecular formula is C25H33F2N5O. The molecule has 2 amide bonds. The van der Waals surface area contributed by atoms with Gasteiger partial charge < -0.3 is 15.1 Å². The number of rotatable bonds is 8. The van der Waals surface area contributed by atoms with Gasteiger partial charge in [0.2, 0.25) is 0 Å². The van der Waals surface area contributed by atoms with Gasteiger partial charge in [0.25, 0.3) is 0 Å². The summed E-state index contributed by atoms with van der Waals surface area (Å²) in [4.78, 5) is 17.5. The first-order chi connectivity index (χ1) is 15.7. The molecule has 0 aromatic heterocycles. The fourth-order valence-electron chi connectivity index (χ4n) is 4.60. The fourth-order valence-corrected chi connectivity index (χ4v) is 4.60. The molecule has 6 nitrogen and oxygen atoms in total. The number of urea groups is 1. The van der Waals surface area contributed by atoms with Gasteiger partial charge in [-0.3, -0.25) is 0 Å². The van der Waals surface area contributed by atoms with Gasteiger partial charge in [0, 0.05) is 24.6 Å². The molecule has 1 heterocycles. The van der Waals surface area contributed by atoms with E-state index in [0.717, 1.165) is 36.7 Å². The highest BCUT2D eigenvalue weighted by molar-refractivity contribution is 6.04. The molecule has 1 aliphatic rings. The lowest BCUT2D eigenvalue weighted by Crippen LogP contribution is -2.59. The number of hydrogen-bond acceptors (Lipinski definition) is 4. The van der Waals surface area contributed by atoms with Crippen LogP contribution in [-0.2, 0) is 5.54 Å².